The van der Waals surface area contributed by atoms with Crippen molar-refractivity contribution in [3.05, 3.63) is 29.6 Å². The molecule has 0 heterocycles. The molecule has 0 spiro atoms. The molecule has 1 aliphatic carbocycles. The third kappa shape index (κ3) is 3.08. The molecule has 1 N–H and O–H groups in total. The van der Waals surface area contributed by atoms with Crippen molar-refractivity contribution in [3.63, 3.8) is 0 Å². The molecule has 2 nitrogen and oxygen atoms in total. The monoisotopic (exact) mass is 265 g/mol. The molecule has 3 heteroatoms. The van der Waals surface area contributed by atoms with Gasteiger partial charge in [0.05, 0.1) is 7.11 Å². The second kappa shape index (κ2) is 6.38. The maximum Gasteiger partial charge on any atom is 0.165 e. The number of rotatable bonds is 5. The summed E-state index contributed by atoms with van der Waals surface area (Å²) in [5.41, 5.74) is 1.04. The molecule has 0 saturated heterocycles. The summed E-state index contributed by atoms with van der Waals surface area (Å²) in [6.45, 7) is 5.32. The first-order chi connectivity index (χ1) is 9.17. The Hall–Kier alpha value is -1.09. The van der Waals surface area contributed by atoms with Crippen LogP contribution in [0.25, 0.3) is 0 Å². The van der Waals surface area contributed by atoms with Crippen LogP contribution in [0, 0.1) is 17.7 Å². The highest BCUT2D eigenvalue weighted by Crippen LogP contribution is 2.40. The van der Waals surface area contributed by atoms with Crippen LogP contribution in [-0.4, -0.2) is 13.7 Å². The average Bonchev–Trinajstić information content (AvgIpc) is 2.82. The first-order valence-corrected chi connectivity index (χ1v) is 7.24. The molecule has 3 unspecified atom stereocenters. The van der Waals surface area contributed by atoms with Crippen molar-refractivity contribution in [2.45, 2.75) is 39.2 Å². The van der Waals surface area contributed by atoms with Gasteiger partial charge in [0.25, 0.3) is 0 Å². The molecule has 1 aromatic rings. The van der Waals surface area contributed by atoms with Gasteiger partial charge in [-0.15, -0.1) is 0 Å². The Kier molecular flexibility index (Phi) is 4.81. The molecule has 106 valence electrons. The molecular weight excluding hydrogens is 241 g/mol. The zero-order valence-corrected chi connectivity index (χ0v) is 12.1. The van der Waals surface area contributed by atoms with Crippen LogP contribution < -0.4 is 10.1 Å². The highest BCUT2D eigenvalue weighted by Gasteiger charge is 2.31. The van der Waals surface area contributed by atoms with Crippen molar-refractivity contribution in [1.82, 2.24) is 5.32 Å². The average molecular weight is 265 g/mol. The fraction of sp³-hybridized carbons (Fsp3) is 0.625. The lowest BCUT2D eigenvalue weighted by atomic mass is 9.86. The lowest BCUT2D eigenvalue weighted by Gasteiger charge is -2.28. The quantitative estimate of drug-likeness (QED) is 0.871. The Labute approximate surface area is 115 Å². The van der Waals surface area contributed by atoms with Crippen molar-refractivity contribution < 1.29 is 9.13 Å². The lowest BCUT2D eigenvalue weighted by molar-refractivity contribution is 0.304. The predicted molar refractivity (Wildman–Crippen MR) is 75.9 cm³/mol. The van der Waals surface area contributed by atoms with Crippen LogP contribution in [-0.2, 0) is 0 Å². The largest absolute Gasteiger partial charge is 0.494 e. The molecule has 0 aromatic heterocycles. The van der Waals surface area contributed by atoms with Crippen molar-refractivity contribution in [3.8, 4) is 5.75 Å². The van der Waals surface area contributed by atoms with Gasteiger partial charge in [0.1, 0.15) is 0 Å². The lowest BCUT2D eigenvalue weighted by Crippen LogP contribution is -2.29. The SMILES string of the molecule is CCNC(c1ccc(OC)c(F)c1)C1CCCC1C. The van der Waals surface area contributed by atoms with Gasteiger partial charge in [-0.2, -0.15) is 0 Å². The summed E-state index contributed by atoms with van der Waals surface area (Å²) < 4.78 is 18.9. The van der Waals surface area contributed by atoms with Gasteiger partial charge in [0.15, 0.2) is 11.6 Å². The minimum atomic E-state index is -0.270. The summed E-state index contributed by atoms with van der Waals surface area (Å²) in [5, 5.41) is 3.53. The van der Waals surface area contributed by atoms with E-state index in [0.29, 0.717) is 17.6 Å². The molecule has 1 fully saturated rings. The topological polar surface area (TPSA) is 21.3 Å². The number of methoxy groups -OCH3 is 1. The molecular formula is C16H24FNO. The summed E-state index contributed by atoms with van der Waals surface area (Å²) in [7, 11) is 1.50. The zero-order valence-electron chi connectivity index (χ0n) is 12.1. The number of halogens is 1. The second-order valence-electron chi connectivity index (χ2n) is 5.50. The Morgan fingerprint density at radius 3 is 2.74 bits per heavy atom. The van der Waals surface area contributed by atoms with Gasteiger partial charge < -0.3 is 10.1 Å². The maximum atomic E-state index is 13.9. The molecule has 1 aliphatic rings. The predicted octanol–water partition coefficient (Wildman–Crippen LogP) is 3.92. The van der Waals surface area contributed by atoms with E-state index in [4.69, 9.17) is 4.74 Å². The molecule has 0 aliphatic heterocycles. The van der Waals surface area contributed by atoms with Crippen molar-refractivity contribution >= 4 is 0 Å². The van der Waals surface area contributed by atoms with Gasteiger partial charge in [-0.05, 0) is 42.5 Å². The minimum absolute atomic E-state index is 0.253. The van der Waals surface area contributed by atoms with E-state index < -0.39 is 0 Å². The third-order valence-electron chi connectivity index (χ3n) is 4.31. The molecule has 0 radical (unpaired) electrons. The molecule has 1 saturated carbocycles. The second-order valence-corrected chi connectivity index (χ2v) is 5.50. The number of ether oxygens (including phenoxy) is 1. The first kappa shape index (κ1) is 14.3. The molecule has 0 amide bonds. The molecule has 3 atom stereocenters. The van der Waals surface area contributed by atoms with Crippen LogP contribution in [0.5, 0.6) is 5.75 Å². The van der Waals surface area contributed by atoms with Gasteiger partial charge in [-0.1, -0.05) is 32.8 Å². The van der Waals surface area contributed by atoms with Crippen LogP contribution in [0.2, 0.25) is 0 Å². The molecule has 2 rings (SSSR count). The number of hydrogen-bond donors (Lipinski definition) is 1. The number of hydrogen-bond acceptors (Lipinski definition) is 2. The van der Waals surface area contributed by atoms with Crippen LogP contribution in [0.15, 0.2) is 18.2 Å². The highest BCUT2D eigenvalue weighted by molar-refractivity contribution is 5.31. The highest BCUT2D eigenvalue weighted by atomic mass is 19.1. The minimum Gasteiger partial charge on any atom is -0.494 e. The maximum absolute atomic E-state index is 13.9. The Balaban J connectivity index is 2.25. The van der Waals surface area contributed by atoms with E-state index in [-0.39, 0.29) is 11.9 Å². The Morgan fingerprint density at radius 2 is 2.21 bits per heavy atom. The van der Waals surface area contributed by atoms with Gasteiger partial charge in [0, 0.05) is 6.04 Å². The Morgan fingerprint density at radius 1 is 1.42 bits per heavy atom. The van der Waals surface area contributed by atoms with E-state index in [1.807, 2.05) is 6.07 Å². The summed E-state index contributed by atoms with van der Waals surface area (Å²) in [5.74, 6) is 1.36. The van der Waals surface area contributed by atoms with Crippen molar-refractivity contribution in [2.75, 3.05) is 13.7 Å². The zero-order chi connectivity index (χ0) is 13.8. The van der Waals surface area contributed by atoms with Crippen LogP contribution in [0.3, 0.4) is 0 Å². The summed E-state index contributed by atoms with van der Waals surface area (Å²) in [6.07, 6.45) is 3.80. The van der Waals surface area contributed by atoms with Crippen LogP contribution in [0.4, 0.5) is 4.39 Å². The van der Waals surface area contributed by atoms with E-state index in [0.717, 1.165) is 12.1 Å². The van der Waals surface area contributed by atoms with E-state index in [1.54, 1.807) is 12.1 Å². The van der Waals surface area contributed by atoms with Gasteiger partial charge in [-0.3, -0.25) is 0 Å². The molecule has 1 aromatic carbocycles. The third-order valence-corrected chi connectivity index (χ3v) is 4.31. The first-order valence-electron chi connectivity index (χ1n) is 7.24. The Bertz CT molecular complexity index is 421. The standard InChI is InChI=1S/C16H24FNO/c1-4-18-16(13-7-5-6-11(13)2)12-8-9-15(19-3)14(17)10-12/h8-11,13,16,18H,4-7H2,1-3H3. The van der Waals surface area contributed by atoms with Crippen molar-refractivity contribution in [2.24, 2.45) is 11.8 Å². The van der Waals surface area contributed by atoms with E-state index in [1.165, 1.54) is 26.4 Å². The molecule has 19 heavy (non-hydrogen) atoms. The van der Waals surface area contributed by atoms with Crippen molar-refractivity contribution in [1.29, 1.82) is 0 Å². The van der Waals surface area contributed by atoms with Gasteiger partial charge in [0.2, 0.25) is 0 Å². The summed E-state index contributed by atoms with van der Waals surface area (Å²) in [6, 6.07) is 5.59. The number of benzene rings is 1. The smallest absolute Gasteiger partial charge is 0.165 e. The van der Waals surface area contributed by atoms with E-state index in [9.17, 15) is 4.39 Å². The van der Waals surface area contributed by atoms with Crippen LogP contribution in [0.1, 0.15) is 44.7 Å². The summed E-state index contributed by atoms with van der Waals surface area (Å²) in [4.78, 5) is 0. The molecule has 0 bridgehead atoms. The number of nitrogens with one attached hydrogen (secondary N) is 1. The van der Waals surface area contributed by atoms with Gasteiger partial charge >= 0.3 is 0 Å². The fourth-order valence-electron chi connectivity index (χ4n) is 3.28. The van der Waals surface area contributed by atoms with E-state index in [2.05, 4.69) is 19.2 Å². The fourth-order valence-corrected chi connectivity index (χ4v) is 3.28. The van der Waals surface area contributed by atoms with E-state index >= 15 is 0 Å². The van der Waals surface area contributed by atoms with Crippen LogP contribution >= 0.6 is 0 Å². The normalized spacial score (nSPS) is 24.4. The van der Waals surface area contributed by atoms with Gasteiger partial charge in [-0.25, -0.2) is 4.39 Å². The summed E-state index contributed by atoms with van der Waals surface area (Å²) >= 11 is 0.